The molecule has 0 saturated heterocycles. The predicted molar refractivity (Wildman–Crippen MR) is 118 cm³/mol. The Bertz CT molecular complexity index is 1300. The van der Waals surface area contributed by atoms with E-state index < -0.39 is 27.7 Å². The molecule has 33 heavy (non-hydrogen) atoms. The van der Waals surface area contributed by atoms with E-state index >= 15 is 0 Å². The Morgan fingerprint density at radius 1 is 0.788 bits per heavy atom. The third-order valence-corrected chi connectivity index (χ3v) is 5.82. The molecule has 9 nitrogen and oxygen atoms in total. The molecule has 3 aromatic rings. The first-order valence-corrected chi connectivity index (χ1v) is 10.9. The molecule has 3 N–H and O–H groups in total. The summed E-state index contributed by atoms with van der Waals surface area (Å²) in [5.74, 6) is -1.99. The number of methoxy groups -OCH3 is 2. The fourth-order valence-electron chi connectivity index (χ4n) is 2.80. The number of hydrogen-bond donors (Lipinski definition) is 3. The van der Waals surface area contributed by atoms with Crippen molar-refractivity contribution in [1.29, 1.82) is 0 Å². The lowest BCUT2D eigenvalue weighted by atomic mass is 10.2. The van der Waals surface area contributed by atoms with E-state index in [2.05, 4.69) is 15.6 Å². The summed E-state index contributed by atoms with van der Waals surface area (Å²) < 4.78 is 51.6. The molecule has 11 heteroatoms. The highest BCUT2D eigenvalue weighted by molar-refractivity contribution is 7.92. The number of carbonyl (C=O) groups is 2. The van der Waals surface area contributed by atoms with Crippen molar-refractivity contribution in [3.63, 3.8) is 0 Å². The molecule has 3 aromatic carbocycles. The zero-order chi connectivity index (χ0) is 24.0. The number of amides is 2. The summed E-state index contributed by atoms with van der Waals surface area (Å²) >= 11 is 0. The van der Waals surface area contributed by atoms with Gasteiger partial charge in [-0.25, -0.2) is 12.8 Å². The molecule has 0 aliphatic carbocycles. The first kappa shape index (κ1) is 23.5. The normalized spacial score (nSPS) is 10.8. The molecule has 0 fully saturated rings. The maximum atomic E-state index is 13.8. The minimum absolute atomic E-state index is 0.0286. The van der Waals surface area contributed by atoms with Gasteiger partial charge in [0.25, 0.3) is 21.8 Å². The Kier molecular flexibility index (Phi) is 7.13. The number of benzene rings is 3. The van der Waals surface area contributed by atoms with Gasteiger partial charge in [0.2, 0.25) is 0 Å². The second kappa shape index (κ2) is 10.0. The maximum Gasteiger partial charge on any atom is 0.269 e. The molecule has 0 bridgehead atoms. The molecule has 172 valence electrons. The fourth-order valence-corrected chi connectivity index (χ4v) is 3.92. The third kappa shape index (κ3) is 5.57. The number of nitrogens with one attached hydrogen (secondary N) is 3. The SMILES string of the molecule is COc1ccc(C(=O)NNC(=O)c2cccc(S(=O)(=O)Nc3ccccc3OC)c2)cc1F. The molecule has 2 amide bonds. The van der Waals surface area contributed by atoms with Crippen LogP contribution in [0.1, 0.15) is 20.7 Å². The summed E-state index contributed by atoms with van der Waals surface area (Å²) in [5, 5.41) is 0. The van der Waals surface area contributed by atoms with E-state index in [1.807, 2.05) is 0 Å². The second-order valence-electron chi connectivity index (χ2n) is 6.59. The van der Waals surface area contributed by atoms with E-state index in [-0.39, 0.29) is 27.5 Å². The zero-order valence-electron chi connectivity index (χ0n) is 17.6. The van der Waals surface area contributed by atoms with Gasteiger partial charge in [-0.1, -0.05) is 18.2 Å². The largest absolute Gasteiger partial charge is 0.495 e. The molecule has 0 saturated carbocycles. The summed E-state index contributed by atoms with van der Waals surface area (Å²) in [5.41, 5.74) is 4.46. The molecule has 3 rings (SSSR count). The van der Waals surface area contributed by atoms with Gasteiger partial charge in [0.05, 0.1) is 24.8 Å². The van der Waals surface area contributed by atoms with Gasteiger partial charge in [0.15, 0.2) is 11.6 Å². The summed E-state index contributed by atoms with van der Waals surface area (Å²) in [6.45, 7) is 0. The highest BCUT2D eigenvalue weighted by Gasteiger charge is 2.19. The van der Waals surface area contributed by atoms with Crippen LogP contribution in [0.25, 0.3) is 0 Å². The van der Waals surface area contributed by atoms with Gasteiger partial charge in [0, 0.05) is 11.1 Å². The number of halogens is 1. The molecule has 0 aliphatic heterocycles. The van der Waals surface area contributed by atoms with E-state index in [0.29, 0.717) is 5.75 Å². The van der Waals surface area contributed by atoms with Crippen LogP contribution in [0.3, 0.4) is 0 Å². The monoisotopic (exact) mass is 473 g/mol. The first-order chi connectivity index (χ1) is 15.7. The molecular formula is C22H20FN3O6S. The number of anilines is 1. The Hall–Kier alpha value is -4.12. The van der Waals surface area contributed by atoms with Crippen LogP contribution in [0.5, 0.6) is 11.5 Å². The predicted octanol–water partition coefficient (Wildman–Crippen LogP) is 2.72. The summed E-state index contributed by atoms with van der Waals surface area (Å²) in [6.07, 6.45) is 0. The molecule has 0 aliphatic rings. The lowest BCUT2D eigenvalue weighted by Crippen LogP contribution is -2.41. The van der Waals surface area contributed by atoms with Gasteiger partial charge in [-0.3, -0.25) is 25.2 Å². The molecular weight excluding hydrogens is 453 g/mol. The first-order valence-electron chi connectivity index (χ1n) is 9.45. The van der Waals surface area contributed by atoms with Crippen LogP contribution in [-0.2, 0) is 10.0 Å². The van der Waals surface area contributed by atoms with Gasteiger partial charge in [-0.05, 0) is 48.5 Å². The lowest BCUT2D eigenvalue weighted by molar-refractivity contribution is 0.0846. The number of para-hydroxylation sites is 2. The van der Waals surface area contributed by atoms with Crippen molar-refractivity contribution in [2.75, 3.05) is 18.9 Å². The number of carbonyl (C=O) groups excluding carboxylic acids is 2. The lowest BCUT2D eigenvalue weighted by Gasteiger charge is -2.12. The molecule has 0 unspecified atom stereocenters. The van der Waals surface area contributed by atoms with Crippen LogP contribution in [-0.4, -0.2) is 34.5 Å². The number of ether oxygens (including phenoxy) is 2. The van der Waals surface area contributed by atoms with Crippen molar-refractivity contribution in [3.8, 4) is 11.5 Å². The van der Waals surface area contributed by atoms with Crippen molar-refractivity contribution in [2.24, 2.45) is 0 Å². The Balaban J connectivity index is 1.71. The topological polar surface area (TPSA) is 123 Å². The minimum Gasteiger partial charge on any atom is -0.495 e. The molecule has 0 aromatic heterocycles. The Morgan fingerprint density at radius 3 is 2.06 bits per heavy atom. The van der Waals surface area contributed by atoms with E-state index in [1.54, 1.807) is 18.2 Å². The fraction of sp³-hybridized carbons (Fsp3) is 0.0909. The highest BCUT2D eigenvalue weighted by atomic mass is 32.2. The van der Waals surface area contributed by atoms with E-state index in [4.69, 9.17) is 9.47 Å². The van der Waals surface area contributed by atoms with E-state index in [9.17, 15) is 22.4 Å². The van der Waals surface area contributed by atoms with Crippen molar-refractivity contribution in [3.05, 3.63) is 83.7 Å². The van der Waals surface area contributed by atoms with Crippen molar-refractivity contribution < 1.29 is 31.9 Å². The van der Waals surface area contributed by atoms with Crippen LogP contribution in [0.2, 0.25) is 0 Å². The van der Waals surface area contributed by atoms with Gasteiger partial charge in [-0.15, -0.1) is 0 Å². The highest BCUT2D eigenvalue weighted by Crippen LogP contribution is 2.26. The van der Waals surface area contributed by atoms with Crippen molar-refractivity contribution in [2.45, 2.75) is 4.90 Å². The number of hydrogen-bond acceptors (Lipinski definition) is 6. The number of hydrazine groups is 1. The minimum atomic E-state index is -4.04. The summed E-state index contributed by atoms with van der Waals surface area (Å²) in [4.78, 5) is 24.4. The maximum absolute atomic E-state index is 13.8. The quantitative estimate of drug-likeness (QED) is 0.454. The van der Waals surface area contributed by atoms with E-state index in [0.717, 1.165) is 12.1 Å². The Labute approximate surface area is 189 Å². The van der Waals surface area contributed by atoms with E-state index in [1.165, 1.54) is 50.6 Å². The molecule has 0 heterocycles. The van der Waals surface area contributed by atoms with Crippen LogP contribution < -0.4 is 25.0 Å². The van der Waals surface area contributed by atoms with Crippen molar-refractivity contribution in [1.82, 2.24) is 10.9 Å². The van der Waals surface area contributed by atoms with Gasteiger partial charge in [0.1, 0.15) is 5.75 Å². The Morgan fingerprint density at radius 2 is 1.42 bits per heavy atom. The molecule has 0 atom stereocenters. The molecule has 0 spiro atoms. The number of sulfonamides is 1. The third-order valence-electron chi connectivity index (χ3n) is 4.46. The van der Waals surface area contributed by atoms with Gasteiger partial charge >= 0.3 is 0 Å². The van der Waals surface area contributed by atoms with Crippen LogP contribution in [0.15, 0.2) is 71.6 Å². The van der Waals surface area contributed by atoms with Gasteiger partial charge < -0.3 is 9.47 Å². The second-order valence-corrected chi connectivity index (χ2v) is 8.27. The van der Waals surface area contributed by atoms with Crippen LogP contribution in [0, 0.1) is 5.82 Å². The average Bonchev–Trinajstić information content (AvgIpc) is 2.82. The van der Waals surface area contributed by atoms with Gasteiger partial charge in [-0.2, -0.15) is 0 Å². The van der Waals surface area contributed by atoms with Crippen LogP contribution in [0.4, 0.5) is 10.1 Å². The summed E-state index contributed by atoms with van der Waals surface area (Å²) in [6, 6.07) is 15.2. The smallest absolute Gasteiger partial charge is 0.269 e. The summed E-state index contributed by atoms with van der Waals surface area (Å²) in [7, 11) is -1.34. The average molecular weight is 473 g/mol. The standard InChI is InChI=1S/C22H20FN3O6S/c1-31-19-11-10-15(13-17(19)23)22(28)25-24-21(27)14-6-5-7-16(12-14)33(29,30)26-18-8-3-4-9-20(18)32-2/h3-13,26H,1-2H3,(H,24,27)(H,25,28). The van der Waals surface area contributed by atoms with Crippen molar-refractivity contribution >= 4 is 27.5 Å². The molecule has 0 radical (unpaired) electrons. The van der Waals surface area contributed by atoms with Crippen LogP contribution >= 0.6 is 0 Å². The zero-order valence-corrected chi connectivity index (χ0v) is 18.4. The number of rotatable bonds is 7.